The van der Waals surface area contributed by atoms with Crippen LogP contribution in [0.4, 0.5) is 4.79 Å². The zero-order valence-electron chi connectivity index (χ0n) is 11.4. The number of hydrogen-bond donors (Lipinski definition) is 2. The minimum Gasteiger partial charge on any atom is -0.497 e. The van der Waals surface area contributed by atoms with Crippen molar-refractivity contribution in [1.82, 2.24) is 15.1 Å². The van der Waals surface area contributed by atoms with E-state index in [1.165, 1.54) is 4.90 Å². The molecule has 1 aromatic carbocycles. The molecule has 1 aromatic heterocycles. The summed E-state index contributed by atoms with van der Waals surface area (Å²) in [5.74, 6) is 0.667. The van der Waals surface area contributed by atoms with Crippen LogP contribution in [-0.2, 0) is 13.0 Å². The van der Waals surface area contributed by atoms with Crippen molar-refractivity contribution < 1.29 is 14.6 Å². The molecule has 21 heavy (non-hydrogen) atoms. The van der Waals surface area contributed by atoms with Crippen molar-refractivity contribution in [2.75, 3.05) is 13.7 Å². The molecule has 0 saturated carbocycles. The second-order valence-electron chi connectivity index (χ2n) is 4.83. The molecule has 2 N–H and O–H groups in total. The van der Waals surface area contributed by atoms with E-state index in [0.29, 0.717) is 36.0 Å². The van der Waals surface area contributed by atoms with Gasteiger partial charge in [-0.25, -0.2) is 4.79 Å². The van der Waals surface area contributed by atoms with E-state index in [-0.39, 0.29) is 0 Å². The molecule has 0 spiro atoms. The van der Waals surface area contributed by atoms with Crippen LogP contribution in [-0.4, -0.2) is 40.0 Å². The number of rotatable bonds is 2. The quantitative estimate of drug-likeness (QED) is 0.894. The number of methoxy groups -OCH3 is 1. The van der Waals surface area contributed by atoms with Crippen LogP contribution >= 0.6 is 11.6 Å². The third kappa shape index (κ3) is 2.42. The summed E-state index contributed by atoms with van der Waals surface area (Å²) in [6.07, 6.45) is -0.295. The van der Waals surface area contributed by atoms with E-state index in [9.17, 15) is 4.79 Å². The Balaban J connectivity index is 2.01. The van der Waals surface area contributed by atoms with Gasteiger partial charge in [-0.15, -0.1) is 0 Å². The first kappa shape index (κ1) is 13.8. The molecular formula is C14H14ClN3O3. The van der Waals surface area contributed by atoms with Crippen molar-refractivity contribution in [1.29, 1.82) is 0 Å². The number of H-pyrrole nitrogens is 1. The fourth-order valence-electron chi connectivity index (χ4n) is 2.50. The molecule has 7 heteroatoms. The number of aromatic amines is 1. The second-order valence-corrected chi connectivity index (χ2v) is 5.24. The largest absolute Gasteiger partial charge is 0.497 e. The normalized spacial score (nSPS) is 13.9. The Morgan fingerprint density at radius 1 is 1.52 bits per heavy atom. The van der Waals surface area contributed by atoms with E-state index in [1.54, 1.807) is 19.2 Å². The lowest BCUT2D eigenvalue weighted by molar-refractivity contribution is 0.140. The van der Waals surface area contributed by atoms with Crippen molar-refractivity contribution in [3.63, 3.8) is 0 Å². The molecule has 1 aliphatic rings. The maximum atomic E-state index is 11.1. The molecule has 2 heterocycles. The molecule has 2 aromatic rings. The number of nitrogens with zero attached hydrogens (tertiary/aromatic N) is 2. The summed E-state index contributed by atoms with van der Waals surface area (Å²) in [6, 6.07) is 5.35. The molecule has 0 saturated heterocycles. The minimum atomic E-state index is -0.923. The predicted molar refractivity (Wildman–Crippen MR) is 77.7 cm³/mol. The smallest absolute Gasteiger partial charge is 0.407 e. The molecule has 6 nitrogen and oxygen atoms in total. The van der Waals surface area contributed by atoms with Gasteiger partial charge in [-0.3, -0.25) is 5.10 Å². The summed E-state index contributed by atoms with van der Waals surface area (Å²) in [5, 5.41) is 17.0. The number of carbonyl (C=O) groups is 1. The van der Waals surface area contributed by atoms with Crippen molar-refractivity contribution in [2.45, 2.75) is 13.0 Å². The highest BCUT2D eigenvalue weighted by atomic mass is 35.5. The van der Waals surface area contributed by atoms with Gasteiger partial charge in [0.1, 0.15) is 5.75 Å². The lowest BCUT2D eigenvalue weighted by Gasteiger charge is -2.24. The van der Waals surface area contributed by atoms with Crippen LogP contribution in [0.3, 0.4) is 0 Å². The zero-order valence-corrected chi connectivity index (χ0v) is 12.1. The fourth-order valence-corrected chi connectivity index (χ4v) is 2.76. The van der Waals surface area contributed by atoms with E-state index >= 15 is 0 Å². The van der Waals surface area contributed by atoms with Crippen LogP contribution in [0.25, 0.3) is 11.3 Å². The first-order valence-corrected chi connectivity index (χ1v) is 6.86. The van der Waals surface area contributed by atoms with E-state index in [0.717, 1.165) is 16.8 Å². The van der Waals surface area contributed by atoms with Gasteiger partial charge in [0.25, 0.3) is 0 Å². The predicted octanol–water partition coefficient (Wildman–Crippen LogP) is 2.77. The molecule has 1 amide bonds. The van der Waals surface area contributed by atoms with Gasteiger partial charge in [0, 0.05) is 29.8 Å². The lowest BCUT2D eigenvalue weighted by atomic mass is 10.0. The van der Waals surface area contributed by atoms with Crippen LogP contribution in [0.2, 0.25) is 5.02 Å². The van der Waals surface area contributed by atoms with Crippen molar-refractivity contribution in [3.8, 4) is 17.0 Å². The number of amides is 1. The Labute approximate surface area is 126 Å². The highest BCUT2D eigenvalue weighted by Gasteiger charge is 2.26. The average Bonchev–Trinajstić information content (AvgIpc) is 2.89. The third-order valence-corrected chi connectivity index (χ3v) is 3.95. The van der Waals surface area contributed by atoms with Crippen molar-refractivity contribution in [3.05, 3.63) is 34.5 Å². The van der Waals surface area contributed by atoms with Crippen LogP contribution in [0, 0.1) is 0 Å². The van der Waals surface area contributed by atoms with E-state index in [4.69, 9.17) is 21.4 Å². The van der Waals surface area contributed by atoms with Gasteiger partial charge in [0.15, 0.2) is 0 Å². The second kappa shape index (κ2) is 5.29. The van der Waals surface area contributed by atoms with Gasteiger partial charge in [-0.05, 0) is 18.2 Å². The highest BCUT2D eigenvalue weighted by Crippen LogP contribution is 2.34. The summed E-state index contributed by atoms with van der Waals surface area (Å²) < 4.78 is 5.13. The summed E-state index contributed by atoms with van der Waals surface area (Å²) in [4.78, 5) is 12.5. The fraction of sp³-hybridized carbons (Fsp3) is 0.286. The summed E-state index contributed by atoms with van der Waals surface area (Å²) in [7, 11) is 1.58. The maximum Gasteiger partial charge on any atom is 0.407 e. The van der Waals surface area contributed by atoms with E-state index < -0.39 is 6.09 Å². The molecule has 1 aliphatic heterocycles. The highest BCUT2D eigenvalue weighted by molar-refractivity contribution is 6.33. The van der Waals surface area contributed by atoms with Gasteiger partial charge < -0.3 is 14.7 Å². The summed E-state index contributed by atoms with van der Waals surface area (Å²) in [5.41, 5.74) is 3.32. The number of aromatic nitrogens is 2. The number of carboxylic acid groups (broad SMARTS) is 1. The zero-order chi connectivity index (χ0) is 15.0. The Kier molecular flexibility index (Phi) is 3.47. The molecule has 0 radical (unpaired) electrons. The standard InChI is InChI=1S/C14H14ClN3O3/c1-21-8-2-3-9(11(15)6-8)13-10-7-18(14(19)20)5-4-12(10)16-17-13/h2-3,6H,4-5,7H2,1H3,(H,16,17)(H,19,20). The first-order chi connectivity index (χ1) is 10.1. The van der Waals surface area contributed by atoms with Crippen molar-refractivity contribution in [2.24, 2.45) is 0 Å². The van der Waals surface area contributed by atoms with Gasteiger partial charge in [-0.1, -0.05) is 11.6 Å². The Bertz CT molecular complexity index is 699. The monoisotopic (exact) mass is 307 g/mol. The SMILES string of the molecule is COc1ccc(-c2n[nH]c3c2CN(C(=O)O)CC3)c(Cl)c1. The number of nitrogens with one attached hydrogen (secondary N) is 1. The van der Waals surface area contributed by atoms with Gasteiger partial charge >= 0.3 is 6.09 Å². The Hall–Kier alpha value is -2.21. The number of halogens is 1. The number of benzene rings is 1. The Morgan fingerprint density at radius 2 is 2.33 bits per heavy atom. The minimum absolute atomic E-state index is 0.318. The first-order valence-electron chi connectivity index (χ1n) is 6.48. The number of fused-ring (bicyclic) bond motifs is 1. The van der Waals surface area contributed by atoms with Crippen LogP contribution in [0.5, 0.6) is 5.75 Å². The molecule has 0 aliphatic carbocycles. The number of hydrogen-bond acceptors (Lipinski definition) is 3. The molecule has 110 valence electrons. The van der Waals surface area contributed by atoms with Gasteiger partial charge in [-0.2, -0.15) is 5.10 Å². The molecule has 0 fully saturated rings. The topological polar surface area (TPSA) is 78.5 Å². The van der Waals surface area contributed by atoms with Crippen LogP contribution in [0.15, 0.2) is 18.2 Å². The van der Waals surface area contributed by atoms with E-state index in [2.05, 4.69) is 10.2 Å². The molecule has 0 bridgehead atoms. The molecular weight excluding hydrogens is 294 g/mol. The van der Waals surface area contributed by atoms with E-state index in [1.807, 2.05) is 6.07 Å². The van der Waals surface area contributed by atoms with Gasteiger partial charge in [0.2, 0.25) is 0 Å². The van der Waals surface area contributed by atoms with Gasteiger partial charge in [0.05, 0.1) is 24.4 Å². The lowest BCUT2D eigenvalue weighted by Crippen LogP contribution is -2.34. The average molecular weight is 308 g/mol. The molecule has 3 rings (SSSR count). The Morgan fingerprint density at radius 3 is 3.00 bits per heavy atom. The maximum absolute atomic E-state index is 11.1. The molecule has 0 atom stereocenters. The third-order valence-electron chi connectivity index (χ3n) is 3.64. The van der Waals surface area contributed by atoms with Crippen LogP contribution in [0.1, 0.15) is 11.3 Å². The summed E-state index contributed by atoms with van der Waals surface area (Å²) >= 11 is 6.28. The number of ether oxygens (including phenoxy) is 1. The summed E-state index contributed by atoms with van der Waals surface area (Å²) in [6.45, 7) is 0.791. The molecule has 0 unspecified atom stereocenters. The van der Waals surface area contributed by atoms with Crippen molar-refractivity contribution >= 4 is 17.7 Å². The van der Waals surface area contributed by atoms with Crippen LogP contribution < -0.4 is 4.74 Å².